The number of nitrogens with two attached hydrogens (primary N) is 1. The molecular formula is C14H15FIN3. The quantitative estimate of drug-likeness (QED) is 0.837. The number of benzene rings is 1. The zero-order valence-electron chi connectivity index (χ0n) is 10.9. The number of aromatic nitrogens is 2. The van der Waals surface area contributed by atoms with Gasteiger partial charge in [0.25, 0.3) is 0 Å². The maximum atomic E-state index is 13.5. The lowest BCUT2D eigenvalue weighted by Crippen LogP contribution is -2.05. The van der Waals surface area contributed by atoms with Gasteiger partial charge < -0.3 is 5.73 Å². The third-order valence-corrected chi connectivity index (χ3v) is 3.91. The molecule has 5 heteroatoms. The number of hydrogen-bond acceptors (Lipinski definition) is 3. The van der Waals surface area contributed by atoms with Gasteiger partial charge in [-0.2, -0.15) is 0 Å². The topological polar surface area (TPSA) is 51.8 Å². The molecule has 0 fully saturated rings. The van der Waals surface area contributed by atoms with Gasteiger partial charge in [0, 0.05) is 5.56 Å². The summed E-state index contributed by atoms with van der Waals surface area (Å²) in [5, 5.41) is 0. The van der Waals surface area contributed by atoms with Gasteiger partial charge >= 0.3 is 0 Å². The lowest BCUT2D eigenvalue weighted by molar-refractivity contribution is 0.627. The van der Waals surface area contributed by atoms with Crippen molar-refractivity contribution in [2.75, 3.05) is 5.73 Å². The summed E-state index contributed by atoms with van der Waals surface area (Å²) in [4.78, 5) is 8.77. The molecule has 0 aliphatic heterocycles. The van der Waals surface area contributed by atoms with Gasteiger partial charge in [0.1, 0.15) is 11.6 Å². The van der Waals surface area contributed by atoms with E-state index < -0.39 is 0 Å². The number of nitrogens with zero attached hydrogens (tertiary/aromatic N) is 2. The Labute approximate surface area is 125 Å². The van der Waals surface area contributed by atoms with Crippen molar-refractivity contribution in [1.29, 1.82) is 0 Å². The summed E-state index contributed by atoms with van der Waals surface area (Å²) in [6.45, 7) is 3.93. The molecule has 0 radical (unpaired) electrons. The Hall–Kier alpha value is -1.24. The second-order valence-corrected chi connectivity index (χ2v) is 5.54. The zero-order valence-corrected chi connectivity index (χ0v) is 13.0. The van der Waals surface area contributed by atoms with Crippen molar-refractivity contribution in [1.82, 2.24) is 9.97 Å². The van der Waals surface area contributed by atoms with Crippen molar-refractivity contribution in [3.8, 4) is 11.4 Å². The average molecular weight is 371 g/mol. The fourth-order valence-corrected chi connectivity index (χ4v) is 2.42. The summed E-state index contributed by atoms with van der Waals surface area (Å²) in [6.07, 6.45) is 1.82. The van der Waals surface area contributed by atoms with E-state index in [1.54, 1.807) is 0 Å². The molecule has 0 saturated heterocycles. The second kappa shape index (κ2) is 5.81. The highest BCUT2D eigenvalue weighted by Crippen LogP contribution is 2.24. The average Bonchev–Trinajstić information content (AvgIpc) is 2.33. The van der Waals surface area contributed by atoms with E-state index >= 15 is 0 Å². The van der Waals surface area contributed by atoms with Crippen LogP contribution in [-0.4, -0.2) is 9.97 Å². The van der Waals surface area contributed by atoms with E-state index in [9.17, 15) is 4.39 Å². The molecule has 0 amide bonds. The summed E-state index contributed by atoms with van der Waals surface area (Å²) >= 11 is 2.15. The van der Waals surface area contributed by atoms with Crippen LogP contribution in [0.2, 0.25) is 0 Å². The molecule has 0 unspecified atom stereocenters. The van der Waals surface area contributed by atoms with Crippen LogP contribution in [0.25, 0.3) is 11.4 Å². The number of hydrogen-bond donors (Lipinski definition) is 1. The zero-order chi connectivity index (χ0) is 14.0. The maximum absolute atomic E-state index is 13.5. The molecule has 100 valence electrons. The summed E-state index contributed by atoms with van der Waals surface area (Å²) in [7, 11) is 0. The SMILES string of the molecule is CCCc1nc(-c2cc(C)cc(F)c2)nc(N)c1I. The largest absolute Gasteiger partial charge is 0.383 e. The number of nitrogen functional groups attached to an aromatic ring is 1. The van der Waals surface area contributed by atoms with E-state index in [0.717, 1.165) is 27.7 Å². The van der Waals surface area contributed by atoms with Gasteiger partial charge in [-0.1, -0.05) is 13.3 Å². The maximum Gasteiger partial charge on any atom is 0.161 e. The van der Waals surface area contributed by atoms with E-state index in [1.165, 1.54) is 12.1 Å². The summed E-state index contributed by atoms with van der Waals surface area (Å²) in [5.74, 6) is 0.660. The Morgan fingerprint density at radius 3 is 2.63 bits per heavy atom. The highest BCUT2D eigenvalue weighted by molar-refractivity contribution is 14.1. The number of anilines is 1. The van der Waals surface area contributed by atoms with Crippen molar-refractivity contribution in [2.45, 2.75) is 26.7 Å². The highest BCUT2D eigenvalue weighted by atomic mass is 127. The Morgan fingerprint density at radius 1 is 1.26 bits per heavy atom. The van der Waals surface area contributed by atoms with Crippen LogP contribution in [0.4, 0.5) is 10.2 Å². The van der Waals surface area contributed by atoms with Crippen molar-refractivity contribution in [2.24, 2.45) is 0 Å². The fraction of sp³-hybridized carbons (Fsp3) is 0.286. The normalized spacial score (nSPS) is 10.7. The van der Waals surface area contributed by atoms with Gasteiger partial charge in [0.05, 0.1) is 9.26 Å². The van der Waals surface area contributed by atoms with E-state index in [2.05, 4.69) is 39.5 Å². The van der Waals surface area contributed by atoms with Crippen LogP contribution in [0.3, 0.4) is 0 Å². The van der Waals surface area contributed by atoms with E-state index in [-0.39, 0.29) is 5.82 Å². The standard InChI is InChI=1S/C14H15FIN3/c1-3-4-11-12(16)13(17)19-14(18-11)9-5-8(2)6-10(15)7-9/h5-7H,3-4H2,1-2H3,(H2,17,18,19). The first kappa shape index (κ1) is 14.2. The van der Waals surface area contributed by atoms with E-state index in [4.69, 9.17) is 5.73 Å². The molecule has 1 heterocycles. The first-order valence-electron chi connectivity index (χ1n) is 6.10. The predicted molar refractivity (Wildman–Crippen MR) is 83.3 cm³/mol. The Bertz CT molecular complexity index is 594. The molecule has 2 aromatic rings. The van der Waals surface area contributed by atoms with Crippen LogP contribution in [0, 0.1) is 16.3 Å². The van der Waals surface area contributed by atoms with Crippen molar-refractivity contribution in [3.63, 3.8) is 0 Å². The van der Waals surface area contributed by atoms with Crippen molar-refractivity contribution in [3.05, 3.63) is 38.8 Å². The number of aryl methyl sites for hydroxylation is 2. The second-order valence-electron chi connectivity index (χ2n) is 4.46. The molecule has 0 atom stereocenters. The first-order chi connectivity index (χ1) is 9.01. The van der Waals surface area contributed by atoms with Crippen LogP contribution in [0.15, 0.2) is 18.2 Å². The molecule has 0 aliphatic carbocycles. The van der Waals surface area contributed by atoms with Gasteiger partial charge in [-0.25, -0.2) is 14.4 Å². The van der Waals surface area contributed by atoms with Gasteiger partial charge in [-0.3, -0.25) is 0 Å². The van der Waals surface area contributed by atoms with Crippen molar-refractivity contribution >= 4 is 28.4 Å². The molecule has 2 N–H and O–H groups in total. The smallest absolute Gasteiger partial charge is 0.161 e. The van der Waals surface area contributed by atoms with Gasteiger partial charge in [0.15, 0.2) is 5.82 Å². The molecule has 0 saturated carbocycles. The van der Waals surface area contributed by atoms with Gasteiger partial charge in [-0.05, 0) is 59.7 Å². The van der Waals surface area contributed by atoms with Crippen LogP contribution >= 0.6 is 22.6 Å². The molecule has 3 nitrogen and oxygen atoms in total. The minimum atomic E-state index is -0.284. The summed E-state index contributed by atoms with van der Waals surface area (Å²) in [6, 6.07) is 4.78. The molecule has 0 aliphatic rings. The Balaban J connectivity index is 2.55. The molecule has 2 rings (SSSR count). The minimum Gasteiger partial charge on any atom is -0.383 e. The lowest BCUT2D eigenvalue weighted by atomic mass is 10.1. The Kier molecular flexibility index (Phi) is 4.34. The van der Waals surface area contributed by atoms with Crippen molar-refractivity contribution < 1.29 is 4.39 Å². The molecule has 0 bridgehead atoms. The van der Waals surface area contributed by atoms with Crippen LogP contribution in [0.1, 0.15) is 24.6 Å². The fourth-order valence-electron chi connectivity index (χ4n) is 1.91. The summed E-state index contributed by atoms with van der Waals surface area (Å²) < 4.78 is 14.3. The highest BCUT2D eigenvalue weighted by Gasteiger charge is 2.11. The number of halogens is 2. The molecule has 1 aromatic heterocycles. The lowest BCUT2D eigenvalue weighted by Gasteiger charge is -2.09. The van der Waals surface area contributed by atoms with Crippen LogP contribution in [-0.2, 0) is 6.42 Å². The van der Waals surface area contributed by atoms with E-state index in [1.807, 2.05) is 13.0 Å². The van der Waals surface area contributed by atoms with Crippen LogP contribution in [0.5, 0.6) is 0 Å². The first-order valence-corrected chi connectivity index (χ1v) is 7.18. The summed E-state index contributed by atoms with van der Waals surface area (Å²) in [5.41, 5.74) is 8.34. The third kappa shape index (κ3) is 3.20. The molecule has 0 spiro atoms. The van der Waals surface area contributed by atoms with Crippen LogP contribution < -0.4 is 5.73 Å². The molecule has 19 heavy (non-hydrogen) atoms. The molecule has 1 aromatic carbocycles. The Morgan fingerprint density at radius 2 is 2.00 bits per heavy atom. The van der Waals surface area contributed by atoms with Gasteiger partial charge in [-0.15, -0.1) is 0 Å². The third-order valence-electron chi connectivity index (χ3n) is 2.73. The minimum absolute atomic E-state index is 0.284. The van der Waals surface area contributed by atoms with E-state index in [0.29, 0.717) is 17.2 Å². The molecular weight excluding hydrogens is 356 g/mol. The van der Waals surface area contributed by atoms with Gasteiger partial charge in [0.2, 0.25) is 0 Å². The predicted octanol–water partition coefficient (Wildman–Crippen LogP) is 3.73. The number of rotatable bonds is 3. The monoisotopic (exact) mass is 371 g/mol.